The molecule has 0 fully saturated rings. The van der Waals surface area contributed by atoms with Crippen molar-refractivity contribution < 1.29 is 4.74 Å². The number of rotatable bonds is 2. The van der Waals surface area contributed by atoms with Crippen LogP contribution in [0.5, 0.6) is 0 Å². The van der Waals surface area contributed by atoms with Gasteiger partial charge in [-0.25, -0.2) is 0 Å². The average Bonchev–Trinajstić information content (AvgIpc) is 2.05. The van der Waals surface area contributed by atoms with Gasteiger partial charge in [0.2, 0.25) is 0 Å². The number of ether oxygens (including phenoxy) is 1. The van der Waals surface area contributed by atoms with E-state index in [1.165, 1.54) is 5.56 Å². The van der Waals surface area contributed by atoms with Crippen molar-refractivity contribution >= 4 is 0 Å². The van der Waals surface area contributed by atoms with Crippen LogP contribution in [-0.4, -0.2) is 7.11 Å². The van der Waals surface area contributed by atoms with Crippen molar-refractivity contribution in [1.29, 1.82) is 0 Å². The van der Waals surface area contributed by atoms with E-state index in [0.717, 1.165) is 0 Å². The fourth-order valence-corrected chi connectivity index (χ4v) is 0.860. The second kappa shape index (κ2) is 3.37. The van der Waals surface area contributed by atoms with E-state index in [4.69, 9.17) is 4.74 Å². The van der Waals surface area contributed by atoms with Crippen LogP contribution in [0.15, 0.2) is 30.3 Å². The molecule has 1 atom stereocenters. The molecule has 0 N–H and O–H groups in total. The van der Waals surface area contributed by atoms with Crippen molar-refractivity contribution in [2.75, 3.05) is 7.11 Å². The standard InChI is InChI=1S/C9H12O/c1-8(10-2)9-6-4-3-5-7-9/h3-8H,1-2H3/t8-/m1/s1/i10+2. The molecule has 0 amide bonds. The Morgan fingerprint density at radius 3 is 2.30 bits per heavy atom. The Kier molecular flexibility index (Phi) is 2.46. The molecular formula is C9H12O. The Labute approximate surface area is 61.6 Å². The normalized spacial score (nSPS) is 13.0. The van der Waals surface area contributed by atoms with E-state index in [2.05, 4.69) is 12.1 Å². The van der Waals surface area contributed by atoms with Gasteiger partial charge in [-0.2, -0.15) is 0 Å². The monoisotopic (exact) mass is 138 g/mol. The summed E-state index contributed by atoms with van der Waals surface area (Å²) < 4.78 is 5.14. The Hall–Kier alpha value is -0.820. The summed E-state index contributed by atoms with van der Waals surface area (Å²) in [7, 11) is 1.72. The fourth-order valence-electron chi connectivity index (χ4n) is 0.860. The summed E-state index contributed by atoms with van der Waals surface area (Å²) in [6, 6.07) is 10.2. The highest BCUT2D eigenvalue weighted by Crippen LogP contribution is 2.13. The van der Waals surface area contributed by atoms with Crippen LogP contribution in [-0.2, 0) is 4.74 Å². The lowest BCUT2D eigenvalue weighted by molar-refractivity contribution is 0.119. The maximum absolute atomic E-state index is 5.14. The molecule has 0 aliphatic heterocycles. The summed E-state index contributed by atoms with van der Waals surface area (Å²) in [5.41, 5.74) is 1.23. The second-order valence-electron chi connectivity index (χ2n) is 2.29. The van der Waals surface area contributed by atoms with Gasteiger partial charge in [-0.3, -0.25) is 0 Å². The minimum atomic E-state index is 0.209. The largest absolute Gasteiger partial charge is 0.377 e. The molecule has 0 heterocycles. The van der Waals surface area contributed by atoms with E-state index < -0.39 is 0 Å². The molecule has 1 rings (SSSR count). The van der Waals surface area contributed by atoms with Gasteiger partial charge in [-0.1, -0.05) is 30.3 Å². The zero-order valence-electron chi connectivity index (χ0n) is 6.37. The predicted octanol–water partition coefficient (Wildman–Crippen LogP) is 2.39. The first kappa shape index (κ1) is 7.29. The summed E-state index contributed by atoms with van der Waals surface area (Å²) in [5.74, 6) is 0. The minimum Gasteiger partial charge on any atom is -0.377 e. The molecule has 54 valence electrons. The number of benzene rings is 1. The van der Waals surface area contributed by atoms with E-state index in [9.17, 15) is 0 Å². The highest BCUT2D eigenvalue weighted by molar-refractivity contribution is 5.16. The predicted molar refractivity (Wildman–Crippen MR) is 41.9 cm³/mol. The Morgan fingerprint density at radius 1 is 1.20 bits per heavy atom. The summed E-state index contributed by atoms with van der Waals surface area (Å²) in [6.45, 7) is 2.04. The van der Waals surface area contributed by atoms with Gasteiger partial charge in [0.15, 0.2) is 0 Å². The molecule has 1 heteroatoms. The van der Waals surface area contributed by atoms with Crippen LogP contribution in [0.1, 0.15) is 18.6 Å². The van der Waals surface area contributed by atoms with Gasteiger partial charge in [0.25, 0.3) is 0 Å². The van der Waals surface area contributed by atoms with Crippen LogP contribution < -0.4 is 0 Å². The Bertz CT molecular complexity index is 181. The lowest BCUT2D eigenvalue weighted by Gasteiger charge is -2.07. The van der Waals surface area contributed by atoms with Gasteiger partial charge < -0.3 is 4.74 Å². The lowest BCUT2D eigenvalue weighted by atomic mass is 10.1. The van der Waals surface area contributed by atoms with Crippen molar-refractivity contribution in [2.24, 2.45) is 0 Å². The van der Waals surface area contributed by atoms with Gasteiger partial charge in [-0.15, -0.1) is 0 Å². The molecule has 10 heavy (non-hydrogen) atoms. The first-order valence-electron chi connectivity index (χ1n) is 3.42. The fraction of sp³-hybridized carbons (Fsp3) is 0.333. The summed E-state index contributed by atoms with van der Waals surface area (Å²) in [6.07, 6.45) is 0.209. The van der Waals surface area contributed by atoms with Crippen molar-refractivity contribution in [3.8, 4) is 0 Å². The molecule has 0 unspecified atom stereocenters. The molecular weight excluding hydrogens is 126 g/mol. The van der Waals surface area contributed by atoms with E-state index in [1.807, 2.05) is 25.1 Å². The number of hydrogen-bond donors (Lipinski definition) is 0. The summed E-state index contributed by atoms with van der Waals surface area (Å²) in [5, 5.41) is 0. The van der Waals surface area contributed by atoms with Crippen LogP contribution in [0.3, 0.4) is 0 Å². The summed E-state index contributed by atoms with van der Waals surface area (Å²) >= 11 is 0. The van der Waals surface area contributed by atoms with E-state index in [0.29, 0.717) is 0 Å². The zero-order valence-corrected chi connectivity index (χ0v) is 6.37. The number of methoxy groups -OCH3 is 1. The van der Waals surface area contributed by atoms with Crippen LogP contribution in [0, 0.1) is 0 Å². The van der Waals surface area contributed by atoms with Crippen molar-refractivity contribution in [3.63, 3.8) is 0 Å². The van der Waals surface area contributed by atoms with Crippen LogP contribution in [0.4, 0.5) is 0 Å². The third kappa shape index (κ3) is 1.58. The second-order valence-corrected chi connectivity index (χ2v) is 2.29. The molecule has 0 aliphatic carbocycles. The Balaban J connectivity index is 2.75. The molecule has 0 bridgehead atoms. The van der Waals surface area contributed by atoms with Gasteiger partial charge in [0.1, 0.15) is 0 Å². The third-order valence-corrected chi connectivity index (χ3v) is 1.62. The topological polar surface area (TPSA) is 9.23 Å². The minimum absolute atomic E-state index is 0.209. The van der Waals surface area contributed by atoms with Crippen molar-refractivity contribution in [1.82, 2.24) is 0 Å². The molecule has 1 aromatic carbocycles. The van der Waals surface area contributed by atoms with Crippen LogP contribution in [0.2, 0.25) is 0 Å². The lowest BCUT2D eigenvalue weighted by Crippen LogP contribution is -1.93. The smallest absolute Gasteiger partial charge is 0.0793 e. The molecule has 0 saturated carbocycles. The van der Waals surface area contributed by atoms with Crippen molar-refractivity contribution in [3.05, 3.63) is 35.9 Å². The molecule has 0 saturated heterocycles. The van der Waals surface area contributed by atoms with E-state index >= 15 is 0 Å². The maximum Gasteiger partial charge on any atom is 0.0793 e. The van der Waals surface area contributed by atoms with Crippen molar-refractivity contribution in [2.45, 2.75) is 13.0 Å². The highest BCUT2D eigenvalue weighted by atomic mass is 18.3. The summed E-state index contributed by atoms with van der Waals surface area (Å²) in [4.78, 5) is 0. The first-order chi connectivity index (χ1) is 4.84. The Morgan fingerprint density at radius 2 is 1.80 bits per heavy atom. The number of hydrogen-bond acceptors (Lipinski definition) is 1. The average molecular weight is 138 g/mol. The quantitative estimate of drug-likeness (QED) is 0.570. The maximum atomic E-state index is 5.14. The van der Waals surface area contributed by atoms with Gasteiger partial charge in [0.05, 0.1) is 6.10 Å². The van der Waals surface area contributed by atoms with Gasteiger partial charge in [0, 0.05) is 7.11 Å². The molecule has 0 aliphatic rings. The van der Waals surface area contributed by atoms with E-state index in [1.54, 1.807) is 7.11 Å². The van der Waals surface area contributed by atoms with Gasteiger partial charge in [-0.05, 0) is 12.5 Å². The molecule has 0 aromatic heterocycles. The van der Waals surface area contributed by atoms with Gasteiger partial charge >= 0.3 is 0 Å². The van der Waals surface area contributed by atoms with E-state index in [-0.39, 0.29) is 6.10 Å². The molecule has 0 spiro atoms. The molecule has 1 nitrogen and oxygen atoms in total. The zero-order chi connectivity index (χ0) is 7.40. The van der Waals surface area contributed by atoms with Crippen LogP contribution >= 0.6 is 0 Å². The SMILES string of the molecule is C[18O][C@H](C)c1ccccc1. The highest BCUT2D eigenvalue weighted by Gasteiger charge is 1.99. The first-order valence-corrected chi connectivity index (χ1v) is 3.42. The van der Waals surface area contributed by atoms with Crippen LogP contribution in [0.25, 0.3) is 0 Å². The molecule has 1 aromatic rings. The third-order valence-electron chi connectivity index (χ3n) is 1.62. The molecule has 0 radical (unpaired) electrons.